The summed E-state index contributed by atoms with van der Waals surface area (Å²) in [6.07, 6.45) is -0.996. The van der Waals surface area contributed by atoms with E-state index in [9.17, 15) is 14.4 Å². The van der Waals surface area contributed by atoms with Crippen LogP contribution >= 0.6 is 0 Å². The Hall–Kier alpha value is -4.02. The number of hydrogen-bond donors (Lipinski definition) is 1. The van der Waals surface area contributed by atoms with Crippen LogP contribution in [0.3, 0.4) is 0 Å². The summed E-state index contributed by atoms with van der Waals surface area (Å²) >= 11 is 0. The molecule has 4 rings (SSSR count). The number of halogens is 3. The lowest BCUT2D eigenvalue weighted by Crippen LogP contribution is -2.66. The molecule has 2 aliphatic rings. The van der Waals surface area contributed by atoms with Crippen molar-refractivity contribution in [2.24, 2.45) is 5.92 Å². The number of methoxy groups -OCH3 is 3. The fourth-order valence-electron chi connectivity index (χ4n) is 5.69. The number of ether oxygens (including phenoxy) is 3. The number of allylic oxidation sites excluding steroid dienone is 1. The topological polar surface area (TPSA) is 94.2 Å². The van der Waals surface area contributed by atoms with Crippen LogP contribution in [0.1, 0.15) is 59.7 Å². The molecule has 8 nitrogen and oxygen atoms in total. The van der Waals surface area contributed by atoms with Crippen LogP contribution in [0.5, 0.6) is 17.2 Å². The molecule has 1 saturated carbocycles. The molecule has 1 aliphatic carbocycles. The van der Waals surface area contributed by atoms with E-state index in [0.29, 0.717) is 0 Å². The molecule has 11 heteroatoms. The van der Waals surface area contributed by atoms with Gasteiger partial charge in [0.1, 0.15) is 0 Å². The number of benzene rings is 2. The van der Waals surface area contributed by atoms with E-state index >= 15 is 13.2 Å². The highest BCUT2D eigenvalue weighted by Crippen LogP contribution is 2.47. The maximum absolute atomic E-state index is 15.3. The highest BCUT2D eigenvalue weighted by atomic mass is 19.4. The molecule has 2 aromatic rings. The van der Waals surface area contributed by atoms with Crippen molar-refractivity contribution in [2.75, 3.05) is 27.9 Å². The van der Waals surface area contributed by atoms with Crippen LogP contribution in [0.4, 0.5) is 13.2 Å². The van der Waals surface area contributed by atoms with Gasteiger partial charge in [0, 0.05) is 23.4 Å². The summed E-state index contributed by atoms with van der Waals surface area (Å²) in [5.74, 6) is -3.49. The molecule has 0 saturated heterocycles. The lowest BCUT2D eigenvalue weighted by molar-refractivity contribution is -0.189. The first kappa shape index (κ1) is 30.0. The summed E-state index contributed by atoms with van der Waals surface area (Å²) in [4.78, 5) is 42.3. The van der Waals surface area contributed by atoms with Crippen molar-refractivity contribution >= 4 is 17.6 Å². The predicted molar refractivity (Wildman–Crippen MR) is 144 cm³/mol. The summed E-state index contributed by atoms with van der Waals surface area (Å²) in [5.41, 5.74) is -4.89. The monoisotopic (exact) mass is 574 g/mol. The molecule has 1 N–H and O–H groups in total. The van der Waals surface area contributed by atoms with Crippen LogP contribution in [0.15, 0.2) is 53.7 Å². The molecular formula is C30H33F3N2O6. The first-order valence-corrected chi connectivity index (χ1v) is 13.3. The molecule has 1 aliphatic heterocycles. The number of carbonyl (C=O) groups excluding carboxylic acids is 3. The summed E-state index contributed by atoms with van der Waals surface area (Å²) in [6.45, 7) is 1.35. The molecule has 2 aromatic carbocycles. The Balaban J connectivity index is 1.86. The Kier molecular flexibility index (Phi) is 8.65. The number of amides is 2. The molecule has 0 spiro atoms. The van der Waals surface area contributed by atoms with E-state index in [1.807, 2.05) is 5.32 Å². The van der Waals surface area contributed by atoms with Gasteiger partial charge in [-0.05, 0) is 37.8 Å². The lowest BCUT2D eigenvalue weighted by Gasteiger charge is -2.34. The van der Waals surface area contributed by atoms with Gasteiger partial charge in [0.05, 0.1) is 26.9 Å². The van der Waals surface area contributed by atoms with Crippen LogP contribution < -0.4 is 19.5 Å². The Bertz CT molecular complexity index is 1330. The van der Waals surface area contributed by atoms with Gasteiger partial charge in [0.25, 0.3) is 11.8 Å². The zero-order valence-corrected chi connectivity index (χ0v) is 23.4. The van der Waals surface area contributed by atoms with Crippen LogP contribution in [-0.2, 0) is 4.79 Å². The molecule has 2 amide bonds. The van der Waals surface area contributed by atoms with Crippen molar-refractivity contribution < 1.29 is 41.8 Å². The van der Waals surface area contributed by atoms with Gasteiger partial charge in [0.2, 0.25) is 11.3 Å². The van der Waals surface area contributed by atoms with E-state index in [4.69, 9.17) is 14.2 Å². The van der Waals surface area contributed by atoms with Crippen molar-refractivity contribution in [2.45, 2.75) is 50.7 Å². The minimum atomic E-state index is -5.36. The second-order valence-electron chi connectivity index (χ2n) is 10.2. The van der Waals surface area contributed by atoms with E-state index < -0.39 is 34.9 Å². The molecular weight excluding hydrogens is 541 g/mol. The third-order valence-corrected chi connectivity index (χ3v) is 7.79. The molecule has 1 heterocycles. The number of hydrogen-bond acceptors (Lipinski definition) is 6. The predicted octanol–water partition coefficient (Wildman–Crippen LogP) is 5.32. The smallest absolute Gasteiger partial charge is 0.425 e. The van der Waals surface area contributed by atoms with Crippen molar-refractivity contribution in [3.63, 3.8) is 0 Å². The largest absolute Gasteiger partial charge is 0.493 e. The molecule has 0 radical (unpaired) electrons. The Morgan fingerprint density at radius 2 is 1.54 bits per heavy atom. The Morgan fingerprint density at radius 1 is 0.951 bits per heavy atom. The second kappa shape index (κ2) is 11.8. The fraction of sp³-hybridized carbons (Fsp3) is 0.433. The number of carbonyl (C=O) groups is 3. The molecule has 0 bridgehead atoms. The van der Waals surface area contributed by atoms with Gasteiger partial charge in [-0.15, -0.1) is 0 Å². The number of nitrogens with zero attached hydrogens (tertiary/aromatic N) is 1. The maximum Gasteiger partial charge on any atom is 0.425 e. The highest BCUT2D eigenvalue weighted by Gasteiger charge is 2.70. The lowest BCUT2D eigenvalue weighted by atomic mass is 9.84. The van der Waals surface area contributed by atoms with Gasteiger partial charge in [0.15, 0.2) is 17.3 Å². The molecule has 1 fully saturated rings. The second-order valence-corrected chi connectivity index (χ2v) is 10.2. The summed E-state index contributed by atoms with van der Waals surface area (Å²) in [5, 5.41) is 1.95. The summed E-state index contributed by atoms with van der Waals surface area (Å²) < 4.78 is 61.6. The minimum Gasteiger partial charge on any atom is -0.493 e. The van der Waals surface area contributed by atoms with E-state index in [0.717, 1.165) is 37.0 Å². The standard InChI is InChI=1S/C30H33F3N2O6/c1-18-24(25(36)20-13-9-6-10-14-20)29(30(31,32)33,28(38)35(18)17-19-11-7-5-8-12-19)34-27(37)21-15-22(39-2)26(41-4)23(16-21)40-3/h6,9-10,13-16,19H,5,7-8,11-12,17H2,1-4H3,(H,34,37). The first-order chi connectivity index (χ1) is 19.5. The average molecular weight is 575 g/mol. The molecule has 220 valence electrons. The summed E-state index contributed by atoms with van der Waals surface area (Å²) in [7, 11) is 3.93. The number of nitrogens with one attached hydrogen (secondary N) is 1. The average Bonchev–Trinajstić information content (AvgIpc) is 3.18. The third-order valence-electron chi connectivity index (χ3n) is 7.79. The molecule has 1 unspecified atom stereocenters. The van der Waals surface area contributed by atoms with Crippen molar-refractivity contribution in [1.82, 2.24) is 10.2 Å². The van der Waals surface area contributed by atoms with Crippen LogP contribution in [0.25, 0.3) is 0 Å². The SMILES string of the molecule is COc1cc(C(=O)NC2(C(F)(F)F)C(=O)N(CC3CCCCC3)C(C)=C2C(=O)c2ccccc2)cc(OC)c1OC. The highest BCUT2D eigenvalue weighted by molar-refractivity contribution is 6.19. The quantitative estimate of drug-likeness (QED) is 0.408. The van der Waals surface area contributed by atoms with Gasteiger partial charge in [-0.1, -0.05) is 49.6 Å². The molecule has 41 heavy (non-hydrogen) atoms. The van der Waals surface area contributed by atoms with E-state index in [2.05, 4.69) is 0 Å². The number of rotatable bonds is 9. The van der Waals surface area contributed by atoms with Gasteiger partial charge in [-0.2, -0.15) is 13.2 Å². The van der Waals surface area contributed by atoms with Gasteiger partial charge < -0.3 is 24.4 Å². The zero-order valence-electron chi connectivity index (χ0n) is 23.4. The normalized spacial score (nSPS) is 19.8. The van der Waals surface area contributed by atoms with Crippen molar-refractivity contribution in [1.29, 1.82) is 0 Å². The van der Waals surface area contributed by atoms with Crippen LogP contribution in [-0.4, -0.2) is 62.1 Å². The van der Waals surface area contributed by atoms with Crippen LogP contribution in [0, 0.1) is 5.92 Å². The first-order valence-electron chi connectivity index (χ1n) is 13.3. The van der Waals surface area contributed by atoms with Crippen molar-refractivity contribution in [3.8, 4) is 17.2 Å². The molecule has 1 atom stereocenters. The number of alkyl halides is 3. The van der Waals surface area contributed by atoms with E-state index in [1.165, 1.54) is 64.7 Å². The fourth-order valence-corrected chi connectivity index (χ4v) is 5.69. The Morgan fingerprint density at radius 3 is 2.05 bits per heavy atom. The zero-order chi connectivity index (χ0) is 29.9. The van der Waals surface area contributed by atoms with Gasteiger partial charge in [-0.3, -0.25) is 14.4 Å². The minimum absolute atomic E-state index is 0.0219. The van der Waals surface area contributed by atoms with Gasteiger partial charge >= 0.3 is 6.18 Å². The number of ketones is 1. The van der Waals surface area contributed by atoms with E-state index in [1.54, 1.807) is 6.07 Å². The van der Waals surface area contributed by atoms with Gasteiger partial charge in [-0.25, -0.2) is 0 Å². The van der Waals surface area contributed by atoms with Crippen LogP contribution in [0.2, 0.25) is 0 Å². The van der Waals surface area contributed by atoms with Crippen molar-refractivity contribution in [3.05, 3.63) is 64.9 Å². The molecule has 0 aromatic heterocycles. The Labute approximate surface area is 236 Å². The maximum atomic E-state index is 15.3. The number of Topliss-reactive ketones (excluding diaryl/α,β-unsaturated/α-hetero) is 1. The van der Waals surface area contributed by atoms with E-state index in [-0.39, 0.29) is 46.5 Å². The summed E-state index contributed by atoms with van der Waals surface area (Å²) in [6, 6.07) is 9.76. The third kappa shape index (κ3) is 5.37.